The van der Waals surface area contributed by atoms with Crippen molar-refractivity contribution in [3.63, 3.8) is 0 Å². The number of benzene rings is 1. The molecule has 0 unspecified atom stereocenters. The van der Waals surface area contributed by atoms with Gasteiger partial charge in [-0.1, -0.05) is 18.2 Å². The van der Waals surface area contributed by atoms with Crippen LogP contribution in [0.25, 0.3) is 10.9 Å². The van der Waals surface area contributed by atoms with E-state index >= 15 is 0 Å². The molecule has 2 aliphatic heterocycles. The van der Waals surface area contributed by atoms with E-state index in [4.69, 9.17) is 0 Å². The van der Waals surface area contributed by atoms with Crippen molar-refractivity contribution in [1.29, 1.82) is 0 Å². The molecule has 2 aromatic rings. The first kappa shape index (κ1) is 16.6. The highest BCUT2D eigenvalue weighted by molar-refractivity contribution is 5.98. The van der Waals surface area contributed by atoms with Crippen LogP contribution < -0.4 is 0 Å². The van der Waals surface area contributed by atoms with E-state index in [1.54, 1.807) is 16.8 Å². The minimum atomic E-state index is -0.932. The molecule has 0 radical (unpaired) electrons. The lowest BCUT2D eigenvalue weighted by Gasteiger charge is -2.45. The van der Waals surface area contributed by atoms with Crippen molar-refractivity contribution in [2.24, 2.45) is 5.92 Å². The number of rotatable bonds is 2. The normalized spacial score (nSPS) is 22.3. The zero-order valence-corrected chi connectivity index (χ0v) is 14.6. The third kappa shape index (κ3) is 2.38. The molecule has 7 nitrogen and oxygen atoms in total. The SMILES string of the molecule is CN1C(=O)C[C@H](C(=O)O)C12CCN(C(=O)c1cc3ccccc3[nH]1)CC2. The molecule has 2 N–H and O–H groups in total. The number of carbonyl (C=O) groups is 3. The standard InChI is InChI=1S/C19H21N3O4/c1-21-16(23)11-13(18(25)26)19(21)6-8-22(9-7-19)17(24)15-10-12-4-2-3-5-14(12)20-15/h2-5,10,13,20H,6-9,11H2,1H3,(H,25,26)/t13-/m1/s1. The van der Waals surface area contributed by atoms with Crippen LogP contribution in [0.3, 0.4) is 0 Å². The predicted molar refractivity (Wildman–Crippen MR) is 94.7 cm³/mol. The highest BCUT2D eigenvalue weighted by atomic mass is 16.4. The fourth-order valence-electron chi connectivity index (χ4n) is 4.44. The van der Waals surface area contributed by atoms with E-state index in [2.05, 4.69) is 4.98 Å². The molecule has 1 aromatic heterocycles. The number of piperidine rings is 1. The summed E-state index contributed by atoms with van der Waals surface area (Å²) in [6.45, 7) is 0.880. The van der Waals surface area contributed by atoms with Gasteiger partial charge in [0.1, 0.15) is 5.69 Å². The van der Waals surface area contributed by atoms with E-state index in [-0.39, 0.29) is 18.2 Å². The highest BCUT2D eigenvalue weighted by Crippen LogP contribution is 2.43. The molecule has 1 aromatic carbocycles. The van der Waals surface area contributed by atoms with Gasteiger partial charge in [0.25, 0.3) is 5.91 Å². The molecule has 7 heteroatoms. The Morgan fingerprint density at radius 1 is 1.23 bits per heavy atom. The zero-order chi connectivity index (χ0) is 18.5. The summed E-state index contributed by atoms with van der Waals surface area (Å²) < 4.78 is 0. The number of nitrogens with zero attached hydrogens (tertiary/aromatic N) is 2. The second-order valence-electron chi connectivity index (χ2n) is 7.21. The highest BCUT2D eigenvalue weighted by Gasteiger charge is 2.55. The quantitative estimate of drug-likeness (QED) is 0.857. The molecule has 2 fully saturated rings. The largest absolute Gasteiger partial charge is 0.481 e. The maximum absolute atomic E-state index is 12.8. The molecular weight excluding hydrogens is 334 g/mol. The van der Waals surface area contributed by atoms with Crippen molar-refractivity contribution in [3.05, 3.63) is 36.0 Å². The predicted octanol–water partition coefficient (Wildman–Crippen LogP) is 1.71. The zero-order valence-electron chi connectivity index (χ0n) is 14.6. The Balaban J connectivity index is 1.53. The van der Waals surface area contributed by atoms with Gasteiger partial charge in [0.2, 0.25) is 5.91 Å². The van der Waals surface area contributed by atoms with Crippen LogP contribution in [0.4, 0.5) is 0 Å². The number of aromatic amines is 1. The molecule has 0 bridgehead atoms. The van der Waals surface area contributed by atoms with Crippen molar-refractivity contribution >= 4 is 28.7 Å². The van der Waals surface area contributed by atoms with Crippen LogP contribution in [-0.4, -0.2) is 63.4 Å². The molecule has 1 atom stereocenters. The van der Waals surface area contributed by atoms with E-state index in [0.29, 0.717) is 31.6 Å². The van der Waals surface area contributed by atoms with Crippen molar-refractivity contribution < 1.29 is 19.5 Å². The van der Waals surface area contributed by atoms with E-state index in [1.165, 1.54) is 0 Å². The third-order valence-electron chi connectivity index (χ3n) is 6.04. The van der Waals surface area contributed by atoms with Gasteiger partial charge in [0.15, 0.2) is 0 Å². The lowest BCUT2D eigenvalue weighted by atomic mass is 9.77. The minimum Gasteiger partial charge on any atom is -0.481 e. The molecule has 2 aliphatic rings. The number of aliphatic carboxylic acids is 1. The molecule has 2 amide bonds. The molecule has 2 saturated heterocycles. The van der Waals surface area contributed by atoms with E-state index in [1.807, 2.05) is 30.3 Å². The fraction of sp³-hybridized carbons (Fsp3) is 0.421. The van der Waals surface area contributed by atoms with Gasteiger partial charge in [-0.05, 0) is 25.0 Å². The summed E-state index contributed by atoms with van der Waals surface area (Å²) in [5, 5.41) is 10.5. The third-order valence-corrected chi connectivity index (χ3v) is 6.04. The van der Waals surface area contributed by atoms with Crippen molar-refractivity contribution in [2.75, 3.05) is 20.1 Å². The van der Waals surface area contributed by atoms with Gasteiger partial charge >= 0.3 is 5.97 Å². The molecule has 3 heterocycles. The summed E-state index contributed by atoms with van der Waals surface area (Å²) in [5.41, 5.74) is 0.768. The summed E-state index contributed by atoms with van der Waals surface area (Å²) in [5.74, 6) is -1.86. The number of nitrogens with one attached hydrogen (secondary N) is 1. The van der Waals surface area contributed by atoms with Crippen molar-refractivity contribution in [1.82, 2.24) is 14.8 Å². The van der Waals surface area contributed by atoms with Gasteiger partial charge < -0.3 is 19.9 Å². The lowest BCUT2D eigenvalue weighted by molar-refractivity contribution is -0.145. The number of aromatic nitrogens is 1. The molecule has 0 aliphatic carbocycles. The van der Waals surface area contributed by atoms with Gasteiger partial charge in [-0.3, -0.25) is 14.4 Å². The number of carboxylic acid groups (broad SMARTS) is 1. The summed E-state index contributed by atoms with van der Waals surface area (Å²) in [6.07, 6.45) is 1.01. The van der Waals surface area contributed by atoms with E-state index in [9.17, 15) is 19.5 Å². The van der Waals surface area contributed by atoms with Gasteiger partial charge in [-0.25, -0.2) is 0 Å². The molecule has 4 rings (SSSR count). The number of fused-ring (bicyclic) bond motifs is 1. The van der Waals surface area contributed by atoms with Crippen LogP contribution in [-0.2, 0) is 9.59 Å². The summed E-state index contributed by atoms with van der Waals surface area (Å²) >= 11 is 0. The summed E-state index contributed by atoms with van der Waals surface area (Å²) in [7, 11) is 1.68. The lowest BCUT2D eigenvalue weighted by Crippen LogP contribution is -2.57. The topological polar surface area (TPSA) is 93.7 Å². The Labute approximate surface area is 150 Å². The number of likely N-dealkylation sites (tertiary alicyclic amines) is 2. The van der Waals surface area contributed by atoms with Crippen LogP contribution in [0.15, 0.2) is 30.3 Å². The van der Waals surface area contributed by atoms with Gasteiger partial charge in [0.05, 0.1) is 11.5 Å². The molecule has 1 spiro atoms. The van der Waals surface area contributed by atoms with Crippen LogP contribution >= 0.6 is 0 Å². The number of carbonyl (C=O) groups excluding carboxylic acids is 2. The second kappa shape index (κ2) is 5.86. The summed E-state index contributed by atoms with van der Waals surface area (Å²) in [4.78, 5) is 43.0. The first-order chi connectivity index (χ1) is 12.4. The molecular formula is C19H21N3O4. The smallest absolute Gasteiger partial charge is 0.309 e. The average molecular weight is 355 g/mol. The van der Waals surface area contributed by atoms with Crippen LogP contribution in [0, 0.1) is 5.92 Å². The monoisotopic (exact) mass is 355 g/mol. The Kier molecular flexibility index (Phi) is 3.75. The number of H-pyrrole nitrogens is 1. The molecule has 0 saturated carbocycles. The fourth-order valence-corrected chi connectivity index (χ4v) is 4.44. The number of hydrogen-bond acceptors (Lipinski definition) is 3. The van der Waals surface area contributed by atoms with Crippen molar-refractivity contribution in [3.8, 4) is 0 Å². The van der Waals surface area contributed by atoms with Crippen LogP contribution in [0.2, 0.25) is 0 Å². The minimum absolute atomic E-state index is 0.0434. The Bertz CT molecular complexity index is 862. The molecule has 26 heavy (non-hydrogen) atoms. The Hall–Kier alpha value is -2.83. The molecule has 136 valence electrons. The van der Waals surface area contributed by atoms with Gasteiger partial charge in [0, 0.05) is 37.5 Å². The van der Waals surface area contributed by atoms with Crippen LogP contribution in [0.5, 0.6) is 0 Å². The number of amides is 2. The Morgan fingerprint density at radius 3 is 2.58 bits per heavy atom. The maximum atomic E-state index is 12.8. The van der Waals surface area contributed by atoms with Gasteiger partial charge in [-0.15, -0.1) is 0 Å². The number of hydrogen-bond donors (Lipinski definition) is 2. The summed E-state index contributed by atoms with van der Waals surface area (Å²) in [6, 6.07) is 9.55. The number of para-hydroxylation sites is 1. The van der Waals surface area contributed by atoms with E-state index in [0.717, 1.165) is 10.9 Å². The second-order valence-corrected chi connectivity index (χ2v) is 7.21. The van der Waals surface area contributed by atoms with E-state index < -0.39 is 17.4 Å². The Morgan fingerprint density at radius 2 is 1.92 bits per heavy atom. The first-order valence-electron chi connectivity index (χ1n) is 8.79. The van der Waals surface area contributed by atoms with Gasteiger partial charge in [-0.2, -0.15) is 0 Å². The van der Waals surface area contributed by atoms with Crippen molar-refractivity contribution in [2.45, 2.75) is 24.8 Å². The van der Waals surface area contributed by atoms with Crippen LogP contribution in [0.1, 0.15) is 29.8 Å². The first-order valence-corrected chi connectivity index (χ1v) is 8.79. The number of carboxylic acids is 1. The maximum Gasteiger partial charge on any atom is 0.309 e. The average Bonchev–Trinajstić information content (AvgIpc) is 3.17.